The number of likely N-dealkylation sites (tertiary alicyclic amines) is 1. The summed E-state index contributed by atoms with van der Waals surface area (Å²) in [5.74, 6) is 0. The molecule has 0 amide bonds. The predicted octanol–water partition coefficient (Wildman–Crippen LogP) is 1.45. The zero-order valence-corrected chi connectivity index (χ0v) is 11.5. The predicted molar refractivity (Wildman–Crippen MR) is 71.9 cm³/mol. The van der Waals surface area contributed by atoms with Crippen molar-refractivity contribution >= 4 is 10.0 Å². The highest BCUT2D eigenvalue weighted by Crippen LogP contribution is 2.16. The van der Waals surface area contributed by atoms with Gasteiger partial charge in [0.1, 0.15) is 0 Å². The van der Waals surface area contributed by atoms with Crippen molar-refractivity contribution in [3.63, 3.8) is 0 Å². The van der Waals surface area contributed by atoms with Crippen LogP contribution in [0.5, 0.6) is 0 Å². The van der Waals surface area contributed by atoms with E-state index in [0.717, 1.165) is 25.9 Å². The number of sulfonamides is 1. The largest absolute Gasteiger partial charge is 0.299 e. The molecule has 1 aliphatic rings. The molecule has 0 saturated carbocycles. The van der Waals surface area contributed by atoms with Gasteiger partial charge in [-0.25, -0.2) is 13.1 Å². The van der Waals surface area contributed by atoms with Crippen LogP contribution in [0.1, 0.15) is 19.8 Å². The number of hydrogen-bond donors (Lipinski definition) is 1. The number of rotatable bonds is 5. The van der Waals surface area contributed by atoms with Crippen molar-refractivity contribution in [2.45, 2.75) is 30.7 Å². The Morgan fingerprint density at radius 1 is 1.33 bits per heavy atom. The Morgan fingerprint density at radius 3 is 2.72 bits per heavy atom. The minimum atomic E-state index is -3.36. The summed E-state index contributed by atoms with van der Waals surface area (Å²) in [6.45, 7) is 4.68. The van der Waals surface area contributed by atoms with Gasteiger partial charge < -0.3 is 0 Å². The average Bonchev–Trinajstić information content (AvgIpc) is 2.85. The summed E-state index contributed by atoms with van der Waals surface area (Å²) >= 11 is 0. The van der Waals surface area contributed by atoms with Crippen molar-refractivity contribution in [1.29, 1.82) is 0 Å². The molecule has 1 unspecified atom stereocenters. The van der Waals surface area contributed by atoms with E-state index >= 15 is 0 Å². The van der Waals surface area contributed by atoms with Crippen molar-refractivity contribution < 1.29 is 8.42 Å². The molecule has 4 nitrogen and oxygen atoms in total. The van der Waals surface area contributed by atoms with Crippen LogP contribution in [0.3, 0.4) is 0 Å². The molecular formula is C13H20N2O2S. The number of benzene rings is 1. The number of nitrogens with one attached hydrogen (secondary N) is 1. The van der Waals surface area contributed by atoms with E-state index < -0.39 is 10.0 Å². The van der Waals surface area contributed by atoms with Crippen LogP contribution in [-0.4, -0.2) is 39.0 Å². The lowest BCUT2D eigenvalue weighted by molar-refractivity contribution is 0.268. The SMILES string of the molecule is CCN1CCCC1CNS(=O)(=O)c1ccccc1. The third-order valence-corrected chi connectivity index (χ3v) is 4.91. The van der Waals surface area contributed by atoms with Gasteiger partial charge in [0.05, 0.1) is 4.90 Å². The maximum Gasteiger partial charge on any atom is 0.240 e. The lowest BCUT2D eigenvalue weighted by atomic mass is 10.2. The Morgan fingerprint density at radius 2 is 2.06 bits per heavy atom. The molecule has 0 aliphatic carbocycles. The average molecular weight is 268 g/mol. The molecule has 2 rings (SSSR count). The van der Waals surface area contributed by atoms with Gasteiger partial charge in [0, 0.05) is 12.6 Å². The molecule has 1 heterocycles. The fraction of sp³-hybridized carbons (Fsp3) is 0.538. The molecule has 1 saturated heterocycles. The van der Waals surface area contributed by atoms with Crippen LogP contribution >= 0.6 is 0 Å². The Labute approximate surface area is 109 Å². The second-order valence-corrected chi connectivity index (χ2v) is 6.36. The van der Waals surface area contributed by atoms with Gasteiger partial charge in [-0.2, -0.15) is 0 Å². The minimum absolute atomic E-state index is 0.339. The molecule has 0 radical (unpaired) electrons. The van der Waals surface area contributed by atoms with Crippen LogP contribution < -0.4 is 4.72 Å². The molecule has 5 heteroatoms. The fourth-order valence-electron chi connectivity index (χ4n) is 2.43. The molecule has 1 aliphatic heterocycles. The van der Waals surface area contributed by atoms with Crippen LogP contribution in [0.2, 0.25) is 0 Å². The molecule has 0 aromatic heterocycles. The standard InChI is InChI=1S/C13H20N2O2S/c1-2-15-10-6-7-12(15)11-14-18(16,17)13-8-4-3-5-9-13/h3-5,8-9,12,14H,2,6-7,10-11H2,1H3. The molecule has 1 fully saturated rings. The molecule has 1 N–H and O–H groups in total. The molecule has 1 aromatic carbocycles. The number of likely N-dealkylation sites (N-methyl/N-ethyl adjacent to an activating group) is 1. The van der Waals surface area contributed by atoms with Crippen molar-refractivity contribution in [2.24, 2.45) is 0 Å². The van der Waals surface area contributed by atoms with Gasteiger partial charge in [-0.05, 0) is 38.1 Å². The zero-order chi connectivity index (χ0) is 13.0. The third kappa shape index (κ3) is 3.10. The van der Waals surface area contributed by atoms with Crippen LogP contribution in [-0.2, 0) is 10.0 Å². The number of hydrogen-bond acceptors (Lipinski definition) is 3. The van der Waals surface area contributed by atoms with Gasteiger partial charge in [-0.1, -0.05) is 25.1 Å². The summed E-state index contributed by atoms with van der Waals surface area (Å²) < 4.78 is 26.8. The Kier molecular flexibility index (Phi) is 4.37. The summed E-state index contributed by atoms with van der Waals surface area (Å²) in [7, 11) is -3.36. The summed E-state index contributed by atoms with van der Waals surface area (Å²) in [6.07, 6.45) is 2.23. The molecule has 1 atom stereocenters. The normalized spacial score (nSPS) is 21.3. The second kappa shape index (κ2) is 5.82. The van der Waals surface area contributed by atoms with E-state index in [1.165, 1.54) is 0 Å². The fourth-order valence-corrected chi connectivity index (χ4v) is 3.53. The van der Waals surface area contributed by atoms with E-state index in [0.29, 0.717) is 17.5 Å². The lowest BCUT2D eigenvalue weighted by Gasteiger charge is -2.22. The van der Waals surface area contributed by atoms with Crippen LogP contribution in [0.4, 0.5) is 0 Å². The minimum Gasteiger partial charge on any atom is -0.299 e. The molecule has 0 bridgehead atoms. The van der Waals surface area contributed by atoms with Crippen molar-refractivity contribution in [2.75, 3.05) is 19.6 Å². The molecule has 18 heavy (non-hydrogen) atoms. The summed E-state index contributed by atoms with van der Waals surface area (Å²) in [4.78, 5) is 2.67. The summed E-state index contributed by atoms with van der Waals surface area (Å²) in [6, 6.07) is 8.87. The van der Waals surface area contributed by atoms with E-state index in [2.05, 4.69) is 16.5 Å². The third-order valence-electron chi connectivity index (χ3n) is 3.47. The van der Waals surface area contributed by atoms with Gasteiger partial charge >= 0.3 is 0 Å². The molecule has 0 spiro atoms. The smallest absolute Gasteiger partial charge is 0.240 e. The van der Waals surface area contributed by atoms with E-state index in [4.69, 9.17) is 0 Å². The number of nitrogens with zero attached hydrogens (tertiary/aromatic N) is 1. The Bertz CT molecular complexity index is 473. The Balaban J connectivity index is 1.98. The quantitative estimate of drug-likeness (QED) is 0.879. The highest BCUT2D eigenvalue weighted by Gasteiger charge is 2.24. The second-order valence-electron chi connectivity index (χ2n) is 4.59. The summed E-state index contributed by atoms with van der Waals surface area (Å²) in [5, 5.41) is 0. The van der Waals surface area contributed by atoms with Gasteiger partial charge in [-0.15, -0.1) is 0 Å². The highest BCUT2D eigenvalue weighted by atomic mass is 32.2. The van der Waals surface area contributed by atoms with Crippen LogP contribution in [0.25, 0.3) is 0 Å². The van der Waals surface area contributed by atoms with Gasteiger partial charge in [0.15, 0.2) is 0 Å². The molecular weight excluding hydrogens is 248 g/mol. The van der Waals surface area contributed by atoms with Crippen molar-refractivity contribution in [3.8, 4) is 0 Å². The van der Waals surface area contributed by atoms with Gasteiger partial charge in [-0.3, -0.25) is 4.90 Å². The topological polar surface area (TPSA) is 49.4 Å². The lowest BCUT2D eigenvalue weighted by Crippen LogP contribution is -2.39. The first-order valence-electron chi connectivity index (χ1n) is 6.42. The van der Waals surface area contributed by atoms with E-state index in [9.17, 15) is 8.42 Å². The van der Waals surface area contributed by atoms with E-state index in [1.807, 2.05) is 6.07 Å². The zero-order valence-electron chi connectivity index (χ0n) is 10.7. The first kappa shape index (κ1) is 13.5. The van der Waals surface area contributed by atoms with Crippen LogP contribution in [0, 0.1) is 0 Å². The maximum atomic E-state index is 12.1. The summed E-state index contributed by atoms with van der Waals surface area (Å²) in [5.41, 5.74) is 0. The molecule has 100 valence electrons. The Hall–Kier alpha value is -0.910. The van der Waals surface area contributed by atoms with Gasteiger partial charge in [0.2, 0.25) is 10.0 Å². The van der Waals surface area contributed by atoms with Crippen molar-refractivity contribution in [1.82, 2.24) is 9.62 Å². The molecule has 1 aromatic rings. The van der Waals surface area contributed by atoms with Crippen molar-refractivity contribution in [3.05, 3.63) is 30.3 Å². The maximum absolute atomic E-state index is 12.1. The monoisotopic (exact) mass is 268 g/mol. The first-order valence-corrected chi connectivity index (χ1v) is 7.90. The van der Waals surface area contributed by atoms with Crippen LogP contribution in [0.15, 0.2) is 35.2 Å². The van der Waals surface area contributed by atoms with E-state index in [-0.39, 0.29) is 0 Å². The van der Waals surface area contributed by atoms with E-state index in [1.54, 1.807) is 24.3 Å². The first-order chi connectivity index (χ1) is 8.63. The highest BCUT2D eigenvalue weighted by molar-refractivity contribution is 7.89. The van der Waals surface area contributed by atoms with Gasteiger partial charge in [0.25, 0.3) is 0 Å².